The Kier molecular flexibility index (Phi) is 1.55. The van der Waals surface area contributed by atoms with Crippen LogP contribution in [0.15, 0.2) is 24.4 Å². The summed E-state index contributed by atoms with van der Waals surface area (Å²) in [4.78, 5) is 0. The lowest BCUT2D eigenvalue weighted by molar-refractivity contribution is 0.797. The smallest absolute Gasteiger partial charge is 0.122 e. The quantitative estimate of drug-likeness (QED) is 0.497. The number of amidine groups is 1. The Bertz CT molecular complexity index is 469. The van der Waals surface area contributed by atoms with Crippen molar-refractivity contribution in [2.75, 3.05) is 0 Å². The fraction of sp³-hybridized carbons (Fsp3) is 0.111. The summed E-state index contributed by atoms with van der Waals surface area (Å²) in [5.41, 5.74) is 7.10. The van der Waals surface area contributed by atoms with Crippen molar-refractivity contribution in [2.45, 2.75) is 0 Å². The normalized spacial score (nSPS) is 10.5. The van der Waals surface area contributed by atoms with Gasteiger partial charge in [-0.25, -0.2) is 0 Å². The van der Waals surface area contributed by atoms with Crippen LogP contribution in [0.3, 0.4) is 0 Å². The van der Waals surface area contributed by atoms with Crippen LogP contribution in [0.5, 0.6) is 0 Å². The Balaban J connectivity index is 2.72. The molecule has 0 fully saturated rings. The molecule has 0 unspecified atom stereocenters. The van der Waals surface area contributed by atoms with E-state index in [0.29, 0.717) is 0 Å². The van der Waals surface area contributed by atoms with Crippen LogP contribution in [0.4, 0.5) is 0 Å². The average Bonchev–Trinajstić information content (AvgIpc) is 2.47. The fourth-order valence-corrected chi connectivity index (χ4v) is 1.31. The third-order valence-electron chi connectivity index (χ3n) is 2.06. The predicted octanol–water partition coefficient (Wildman–Crippen LogP) is 0.857. The van der Waals surface area contributed by atoms with Gasteiger partial charge in [0.1, 0.15) is 5.84 Å². The number of aromatic nitrogens is 2. The molecule has 1 heterocycles. The zero-order chi connectivity index (χ0) is 9.42. The van der Waals surface area contributed by atoms with Gasteiger partial charge in [-0.15, -0.1) is 0 Å². The van der Waals surface area contributed by atoms with Gasteiger partial charge in [-0.2, -0.15) is 5.10 Å². The molecule has 0 aliphatic carbocycles. The minimum absolute atomic E-state index is 0.0862. The summed E-state index contributed by atoms with van der Waals surface area (Å²) < 4.78 is 1.77. The highest BCUT2D eigenvalue weighted by atomic mass is 15.2. The second kappa shape index (κ2) is 2.58. The summed E-state index contributed by atoms with van der Waals surface area (Å²) in [6.07, 6.45) is 1.79. The van der Waals surface area contributed by atoms with Gasteiger partial charge in [-0.3, -0.25) is 10.1 Å². The lowest BCUT2D eigenvalue weighted by Crippen LogP contribution is -2.10. The van der Waals surface area contributed by atoms with Crippen LogP contribution in [0.25, 0.3) is 10.9 Å². The first kappa shape index (κ1) is 7.79. The molecule has 0 saturated heterocycles. The van der Waals surface area contributed by atoms with E-state index >= 15 is 0 Å². The Morgan fingerprint density at radius 2 is 2.31 bits per heavy atom. The number of nitrogens with one attached hydrogen (secondary N) is 1. The predicted molar refractivity (Wildman–Crippen MR) is 51.7 cm³/mol. The minimum Gasteiger partial charge on any atom is -0.384 e. The highest BCUT2D eigenvalue weighted by Gasteiger charge is 2.01. The lowest BCUT2D eigenvalue weighted by Gasteiger charge is -1.98. The van der Waals surface area contributed by atoms with E-state index in [1.165, 1.54) is 0 Å². The molecule has 0 spiro atoms. The van der Waals surface area contributed by atoms with E-state index in [1.807, 2.05) is 25.2 Å². The first-order chi connectivity index (χ1) is 6.18. The second-order valence-corrected chi connectivity index (χ2v) is 2.96. The summed E-state index contributed by atoms with van der Waals surface area (Å²) >= 11 is 0. The van der Waals surface area contributed by atoms with E-state index < -0.39 is 0 Å². The molecule has 13 heavy (non-hydrogen) atoms. The Labute approximate surface area is 75.5 Å². The molecule has 1 aromatic heterocycles. The van der Waals surface area contributed by atoms with Crippen molar-refractivity contribution in [1.82, 2.24) is 9.78 Å². The highest BCUT2D eigenvalue weighted by Crippen LogP contribution is 2.14. The molecule has 0 radical (unpaired) electrons. The van der Waals surface area contributed by atoms with Crippen LogP contribution >= 0.6 is 0 Å². The minimum atomic E-state index is 0.0862. The van der Waals surface area contributed by atoms with E-state index in [2.05, 4.69) is 5.10 Å². The summed E-state index contributed by atoms with van der Waals surface area (Å²) in [6, 6.07) is 5.61. The molecule has 4 heteroatoms. The van der Waals surface area contributed by atoms with Crippen molar-refractivity contribution in [2.24, 2.45) is 12.8 Å². The van der Waals surface area contributed by atoms with Gasteiger partial charge in [0.15, 0.2) is 0 Å². The zero-order valence-electron chi connectivity index (χ0n) is 7.28. The summed E-state index contributed by atoms with van der Waals surface area (Å²) in [5, 5.41) is 12.4. The number of fused-ring (bicyclic) bond motifs is 1. The van der Waals surface area contributed by atoms with E-state index in [9.17, 15) is 0 Å². The van der Waals surface area contributed by atoms with Crippen molar-refractivity contribution >= 4 is 16.7 Å². The van der Waals surface area contributed by atoms with E-state index in [-0.39, 0.29) is 5.84 Å². The largest absolute Gasteiger partial charge is 0.384 e. The van der Waals surface area contributed by atoms with Crippen LogP contribution in [-0.2, 0) is 7.05 Å². The van der Waals surface area contributed by atoms with E-state index in [1.54, 1.807) is 10.9 Å². The number of rotatable bonds is 1. The Morgan fingerprint density at radius 1 is 1.54 bits per heavy atom. The number of benzene rings is 1. The molecule has 0 saturated carbocycles. The SMILES string of the molecule is Cn1ncc2ccc(C(=N)N)cc21. The molecular weight excluding hydrogens is 164 g/mol. The summed E-state index contributed by atoms with van der Waals surface area (Å²) in [5.74, 6) is 0.0862. The fourth-order valence-electron chi connectivity index (χ4n) is 1.31. The van der Waals surface area contributed by atoms with Gasteiger partial charge >= 0.3 is 0 Å². The molecule has 2 rings (SSSR count). The number of hydrogen-bond donors (Lipinski definition) is 2. The third-order valence-corrected chi connectivity index (χ3v) is 2.06. The Morgan fingerprint density at radius 3 is 3.00 bits per heavy atom. The van der Waals surface area contributed by atoms with Crippen LogP contribution in [-0.4, -0.2) is 15.6 Å². The van der Waals surface area contributed by atoms with Crippen molar-refractivity contribution in [3.8, 4) is 0 Å². The van der Waals surface area contributed by atoms with Crippen molar-refractivity contribution in [1.29, 1.82) is 5.41 Å². The van der Waals surface area contributed by atoms with Crippen molar-refractivity contribution < 1.29 is 0 Å². The van der Waals surface area contributed by atoms with Crippen LogP contribution in [0.1, 0.15) is 5.56 Å². The molecule has 4 nitrogen and oxygen atoms in total. The lowest BCUT2D eigenvalue weighted by atomic mass is 10.1. The molecule has 0 aliphatic heterocycles. The van der Waals surface area contributed by atoms with Crippen molar-refractivity contribution in [3.05, 3.63) is 30.0 Å². The first-order valence-electron chi connectivity index (χ1n) is 3.94. The van der Waals surface area contributed by atoms with Gasteiger partial charge in [0.2, 0.25) is 0 Å². The van der Waals surface area contributed by atoms with E-state index in [0.717, 1.165) is 16.5 Å². The zero-order valence-corrected chi connectivity index (χ0v) is 7.28. The van der Waals surface area contributed by atoms with Crippen LogP contribution in [0, 0.1) is 5.41 Å². The second-order valence-electron chi connectivity index (χ2n) is 2.96. The number of nitrogens with two attached hydrogens (primary N) is 1. The number of nitrogen functional groups attached to an aromatic ring is 1. The maximum atomic E-state index is 7.28. The Hall–Kier alpha value is -1.84. The van der Waals surface area contributed by atoms with Crippen LogP contribution in [0.2, 0.25) is 0 Å². The molecule has 3 N–H and O–H groups in total. The van der Waals surface area contributed by atoms with Gasteiger partial charge < -0.3 is 5.73 Å². The van der Waals surface area contributed by atoms with Crippen LogP contribution < -0.4 is 5.73 Å². The highest BCUT2D eigenvalue weighted by molar-refractivity contribution is 5.98. The van der Waals surface area contributed by atoms with Gasteiger partial charge in [0.25, 0.3) is 0 Å². The number of hydrogen-bond acceptors (Lipinski definition) is 2. The first-order valence-corrected chi connectivity index (χ1v) is 3.94. The number of aryl methyl sites for hydroxylation is 1. The molecule has 0 amide bonds. The van der Waals surface area contributed by atoms with Gasteiger partial charge in [0.05, 0.1) is 11.7 Å². The van der Waals surface area contributed by atoms with Crippen molar-refractivity contribution in [3.63, 3.8) is 0 Å². The van der Waals surface area contributed by atoms with Gasteiger partial charge in [-0.05, 0) is 6.07 Å². The summed E-state index contributed by atoms with van der Waals surface area (Å²) in [6.45, 7) is 0. The summed E-state index contributed by atoms with van der Waals surface area (Å²) in [7, 11) is 1.87. The van der Waals surface area contributed by atoms with Gasteiger partial charge in [-0.1, -0.05) is 12.1 Å². The number of nitrogens with zero attached hydrogens (tertiary/aromatic N) is 2. The molecule has 1 aromatic carbocycles. The third kappa shape index (κ3) is 1.16. The maximum absolute atomic E-state index is 7.28. The average molecular weight is 174 g/mol. The van der Waals surface area contributed by atoms with Gasteiger partial charge in [0, 0.05) is 18.0 Å². The molecule has 0 atom stereocenters. The standard InChI is InChI=1S/C9H10N4/c1-13-8-4-6(9(10)11)2-3-7(8)5-12-13/h2-5H,1H3,(H3,10,11). The monoisotopic (exact) mass is 174 g/mol. The molecule has 66 valence electrons. The molecule has 2 aromatic rings. The molecule has 0 aliphatic rings. The maximum Gasteiger partial charge on any atom is 0.122 e. The molecule has 0 bridgehead atoms. The topological polar surface area (TPSA) is 67.7 Å². The molecular formula is C9H10N4. The van der Waals surface area contributed by atoms with E-state index in [4.69, 9.17) is 11.1 Å².